The predicted molar refractivity (Wildman–Crippen MR) is 387 cm³/mol. The van der Waals surface area contributed by atoms with Crippen molar-refractivity contribution in [1.82, 2.24) is 37.8 Å². The maximum absolute atomic E-state index is 7.30. The van der Waals surface area contributed by atoms with Crippen LogP contribution in [0, 0.1) is 53.4 Å². The van der Waals surface area contributed by atoms with Gasteiger partial charge in [-0.25, -0.2) is 0 Å². The van der Waals surface area contributed by atoms with Crippen LogP contribution in [0.4, 0.5) is 0 Å². The van der Waals surface area contributed by atoms with Crippen LogP contribution in [0.15, 0.2) is 244 Å². The standard InChI is InChI=1S/2C40H29BN4O2.CH2Cl2/c2*1-24-18-25(2)39(26(3)19-24)40-35-14-12-33-31-10-8-27(29-6-4-16-42-22-29)20-37(31)46-41(44(33)35)45-34(13-15-36(40)45)32-11-9-28(21-38(32)47-41)30-7-5-17-43-23-30;2-1-3/h2*4-23H,1-3H3;1H2. The number of benzene rings is 6. The van der Waals surface area contributed by atoms with E-state index in [2.05, 4.69) is 249 Å². The topological polar surface area (TPSA) is 108 Å². The number of aryl methyl sites for hydroxylation is 6. The molecule has 0 saturated carbocycles. The molecule has 2 spiro atoms. The molecule has 6 aromatic carbocycles. The van der Waals surface area contributed by atoms with Crippen LogP contribution in [-0.2, 0) is 0 Å². The second kappa shape index (κ2) is 22.1. The Labute approximate surface area is 572 Å². The Bertz CT molecular complexity index is 4870. The minimum atomic E-state index is -2.29. The average Bonchev–Trinajstić information content (AvgIpc) is 1.60. The van der Waals surface area contributed by atoms with Gasteiger partial charge in [-0.1, -0.05) is 48.5 Å². The van der Waals surface area contributed by atoms with Crippen molar-refractivity contribution in [3.8, 4) is 113 Å². The highest BCUT2D eigenvalue weighted by Gasteiger charge is 2.57. The second-order valence-corrected chi connectivity index (χ2v) is 26.7. The van der Waals surface area contributed by atoms with E-state index in [1.54, 1.807) is 24.8 Å². The van der Waals surface area contributed by atoms with Gasteiger partial charge in [0.2, 0.25) is 0 Å². The first-order valence-electron chi connectivity index (χ1n) is 32.6. The number of hydrogen-bond acceptors (Lipinski definition) is 8. The summed E-state index contributed by atoms with van der Waals surface area (Å²) in [5, 5.41) is 0.194. The van der Waals surface area contributed by atoms with E-state index in [1.807, 2.05) is 49.1 Å². The molecule has 6 aliphatic heterocycles. The summed E-state index contributed by atoms with van der Waals surface area (Å²) in [6, 6.07) is 68.8. The fourth-order valence-electron chi connectivity index (χ4n) is 16.4. The van der Waals surface area contributed by atoms with Crippen LogP contribution >= 0.6 is 23.2 Å². The summed E-state index contributed by atoms with van der Waals surface area (Å²) in [4.78, 5) is 17.5. The Morgan fingerprint density at radius 3 is 0.794 bits per heavy atom. The van der Waals surface area contributed by atoms with Gasteiger partial charge in [-0.2, -0.15) is 0 Å². The molecule has 0 aliphatic carbocycles. The normalized spacial score (nSPS) is 14.1. The predicted octanol–water partition coefficient (Wildman–Crippen LogP) is 18.7. The zero-order valence-corrected chi connectivity index (χ0v) is 55.4. The molecule has 97 heavy (non-hydrogen) atoms. The zero-order valence-electron chi connectivity index (χ0n) is 53.9. The van der Waals surface area contributed by atoms with E-state index < -0.39 is 13.6 Å². The van der Waals surface area contributed by atoms with Crippen LogP contribution in [0.1, 0.15) is 67.3 Å². The van der Waals surface area contributed by atoms with Crippen LogP contribution < -0.4 is 18.6 Å². The second-order valence-electron chi connectivity index (χ2n) is 25.8. The lowest BCUT2D eigenvalue weighted by molar-refractivity contribution is 0.332. The molecule has 0 fully saturated rings. The maximum atomic E-state index is 7.30. The van der Waals surface area contributed by atoms with Crippen molar-refractivity contribution in [3.05, 3.63) is 323 Å². The number of pyridine rings is 4. The van der Waals surface area contributed by atoms with Gasteiger partial charge in [-0.05, 0) is 196 Å². The minimum Gasteiger partial charge on any atom is -0.645 e. The van der Waals surface area contributed by atoms with Crippen LogP contribution in [-0.4, -0.2) is 56.8 Å². The van der Waals surface area contributed by atoms with Crippen molar-refractivity contribution in [2.24, 2.45) is 0 Å². The monoisotopic (exact) mass is 1300 g/mol. The minimum absolute atomic E-state index is 0.194. The summed E-state index contributed by atoms with van der Waals surface area (Å²) in [5.74, 6) is 5.51. The molecule has 0 saturated heterocycles. The van der Waals surface area contributed by atoms with E-state index in [0.717, 1.165) is 135 Å². The summed E-state index contributed by atoms with van der Waals surface area (Å²) in [6.07, 6.45) is 14.7. The highest BCUT2D eigenvalue weighted by Crippen LogP contribution is 2.57. The lowest BCUT2D eigenvalue weighted by Gasteiger charge is -2.54. The molecule has 0 amide bonds. The van der Waals surface area contributed by atoms with Crippen molar-refractivity contribution in [3.63, 3.8) is 0 Å². The van der Waals surface area contributed by atoms with Crippen LogP contribution in [0.5, 0.6) is 23.0 Å². The number of halogens is 2. The number of hydrogen-bond donors (Lipinski definition) is 0. The van der Waals surface area contributed by atoms with Gasteiger partial charge in [0, 0.05) is 163 Å². The van der Waals surface area contributed by atoms with Gasteiger partial charge in [-0.15, -0.1) is 23.2 Å². The van der Waals surface area contributed by atoms with E-state index in [0.29, 0.717) is 0 Å². The Balaban J connectivity index is 0.000000136. The fraction of sp³-hybridized carbons (Fsp3) is 0.0864. The third kappa shape index (κ3) is 8.79. The van der Waals surface area contributed by atoms with E-state index in [1.165, 1.54) is 56.3 Å². The SMILES string of the molecule is Cc1cc(C)c([C+]2c3ccc4n3[B-]3(Oc5cc(-c6cccnc6)ccc5-4)Oc4cc(-c5cccnc5)ccc4-c4ccc2n43)c(C)c1.Cc1cc(C)c([C+]2c3ccc4n3[B-]3(Oc5cc(-c6cccnc6)ccc5-4)Oc4cc(-c5cccnc5)ccc4-c4ccc2n43)c(C)c1.ClCCl. The van der Waals surface area contributed by atoms with Crippen LogP contribution in [0.25, 0.3) is 89.5 Å². The molecule has 14 heterocycles. The first-order chi connectivity index (χ1) is 47.4. The first-order valence-corrected chi connectivity index (χ1v) is 33.6. The average molecular weight is 1300 g/mol. The summed E-state index contributed by atoms with van der Waals surface area (Å²) < 4.78 is 38.5. The van der Waals surface area contributed by atoms with Gasteiger partial charge in [0.1, 0.15) is 11.8 Å². The summed E-state index contributed by atoms with van der Waals surface area (Å²) in [7, 11) is 0. The molecule has 0 bridgehead atoms. The number of aromatic nitrogens is 8. The lowest BCUT2D eigenvalue weighted by atomic mass is 9.73. The summed E-state index contributed by atoms with van der Waals surface area (Å²) in [5.41, 5.74) is 31.1. The molecular formula is C81H60B2Cl2N8O4. The quantitative estimate of drug-likeness (QED) is 0.0920. The van der Waals surface area contributed by atoms with Crippen molar-refractivity contribution < 1.29 is 18.6 Å². The third-order valence-electron chi connectivity index (χ3n) is 20.0. The van der Waals surface area contributed by atoms with Gasteiger partial charge in [0.25, 0.3) is 0 Å². The smallest absolute Gasteiger partial charge is 0.583 e. The molecular weight excluding hydrogens is 1240 g/mol. The highest BCUT2D eigenvalue weighted by molar-refractivity contribution is 6.69. The molecule has 14 aromatic rings. The molecule has 6 aliphatic rings. The van der Waals surface area contributed by atoms with Crippen molar-refractivity contribution in [1.29, 1.82) is 0 Å². The Kier molecular flexibility index (Phi) is 13.3. The van der Waals surface area contributed by atoms with Gasteiger partial charge in [0.15, 0.2) is 0 Å². The first kappa shape index (κ1) is 58.3. The largest absolute Gasteiger partial charge is 0.645 e. The Morgan fingerprint density at radius 1 is 0.320 bits per heavy atom. The van der Waals surface area contributed by atoms with Crippen molar-refractivity contribution in [2.45, 2.75) is 41.5 Å². The molecule has 20 rings (SSSR count). The third-order valence-corrected chi connectivity index (χ3v) is 20.0. The van der Waals surface area contributed by atoms with Crippen LogP contribution in [0.2, 0.25) is 0 Å². The number of alkyl halides is 2. The molecule has 0 atom stereocenters. The zero-order chi connectivity index (χ0) is 65.6. The van der Waals surface area contributed by atoms with Gasteiger partial charge >= 0.3 is 13.6 Å². The molecule has 468 valence electrons. The highest BCUT2D eigenvalue weighted by atomic mass is 35.5. The number of fused-ring (bicyclic) bond motifs is 8. The molecule has 0 radical (unpaired) electrons. The van der Waals surface area contributed by atoms with Crippen molar-refractivity contribution in [2.75, 3.05) is 5.34 Å². The molecule has 0 N–H and O–H groups in total. The Morgan fingerprint density at radius 2 is 0.567 bits per heavy atom. The molecule has 12 nitrogen and oxygen atoms in total. The van der Waals surface area contributed by atoms with Crippen molar-refractivity contribution >= 4 is 36.8 Å². The molecule has 0 unspecified atom stereocenters. The number of rotatable bonds is 6. The molecule has 8 aromatic heterocycles. The van der Waals surface area contributed by atoms with E-state index in [9.17, 15) is 0 Å². The fourth-order valence-corrected chi connectivity index (χ4v) is 16.4. The Hall–Kier alpha value is -11.3. The van der Waals surface area contributed by atoms with Gasteiger partial charge in [0.05, 0.1) is 62.2 Å². The van der Waals surface area contributed by atoms with Gasteiger partial charge in [-0.3, -0.25) is 19.9 Å². The summed E-state index contributed by atoms with van der Waals surface area (Å²) >= 11 is 9.53. The van der Waals surface area contributed by atoms with Gasteiger partial charge < -0.3 is 36.5 Å². The van der Waals surface area contributed by atoms with E-state index in [4.69, 9.17) is 41.8 Å². The summed E-state index contributed by atoms with van der Waals surface area (Å²) in [6.45, 7) is 8.61. The molecule has 16 heteroatoms. The lowest BCUT2D eigenvalue weighted by Crippen LogP contribution is -2.68. The number of nitrogens with zero attached hydrogens (tertiary/aromatic N) is 8. The van der Waals surface area contributed by atoms with E-state index in [-0.39, 0.29) is 5.34 Å². The maximum Gasteiger partial charge on any atom is 0.583 e. The van der Waals surface area contributed by atoms with E-state index >= 15 is 0 Å². The van der Waals surface area contributed by atoms with Crippen LogP contribution in [0.3, 0.4) is 0 Å².